The average Bonchev–Trinajstić information content (AvgIpc) is 2.45. The number of halogens is 1. The second-order valence-electron chi connectivity index (χ2n) is 4.46. The Bertz CT molecular complexity index is 491. The average molecular weight is 314 g/mol. The second-order valence-corrected chi connectivity index (χ2v) is 4.87. The third kappa shape index (κ3) is 6.99. The van der Waals surface area contributed by atoms with Gasteiger partial charge in [-0.15, -0.1) is 0 Å². The van der Waals surface area contributed by atoms with Crippen molar-refractivity contribution in [3.05, 3.63) is 28.8 Å². The van der Waals surface area contributed by atoms with E-state index in [-0.39, 0.29) is 18.5 Å². The fraction of sp³-hybridized carbons (Fsp3) is 0.467. The van der Waals surface area contributed by atoms with Crippen LogP contribution in [0.4, 0.5) is 0 Å². The van der Waals surface area contributed by atoms with Crippen LogP contribution in [0.5, 0.6) is 5.75 Å². The van der Waals surface area contributed by atoms with Gasteiger partial charge in [0.15, 0.2) is 6.61 Å². The Balaban J connectivity index is 2.19. The molecule has 1 aromatic rings. The summed E-state index contributed by atoms with van der Waals surface area (Å²) in [6.45, 7) is 4.35. The van der Waals surface area contributed by atoms with Crippen molar-refractivity contribution in [3.8, 4) is 5.75 Å². The lowest BCUT2D eigenvalue weighted by Gasteiger charge is -2.08. The molecule has 0 spiro atoms. The number of carbonyl (C=O) groups excluding carboxylic acids is 2. The molecule has 116 valence electrons. The summed E-state index contributed by atoms with van der Waals surface area (Å²) in [4.78, 5) is 22.6. The molecule has 0 saturated heterocycles. The standard InChI is InChI=1S/C15H20ClNO4/c1-3-20-15(19)5-4-8-17-14(18)10-21-12-6-7-13(16)11(2)9-12/h6-7,9H,3-5,8,10H2,1-2H3,(H,17,18). The summed E-state index contributed by atoms with van der Waals surface area (Å²) in [5.74, 6) is 0.115. The number of amides is 1. The topological polar surface area (TPSA) is 64.6 Å². The highest BCUT2D eigenvalue weighted by Gasteiger charge is 2.05. The number of carbonyl (C=O) groups is 2. The number of hydrogen-bond acceptors (Lipinski definition) is 4. The number of esters is 1. The van der Waals surface area contributed by atoms with E-state index in [9.17, 15) is 9.59 Å². The van der Waals surface area contributed by atoms with E-state index in [0.29, 0.717) is 36.8 Å². The maximum absolute atomic E-state index is 11.6. The van der Waals surface area contributed by atoms with Gasteiger partial charge in [0.25, 0.3) is 5.91 Å². The highest BCUT2D eigenvalue weighted by molar-refractivity contribution is 6.31. The van der Waals surface area contributed by atoms with Crippen molar-refractivity contribution in [3.63, 3.8) is 0 Å². The first kappa shape index (κ1) is 17.3. The molecular weight excluding hydrogens is 294 g/mol. The number of hydrogen-bond donors (Lipinski definition) is 1. The summed E-state index contributed by atoms with van der Waals surface area (Å²) in [7, 11) is 0. The van der Waals surface area contributed by atoms with Crippen LogP contribution in [0.15, 0.2) is 18.2 Å². The van der Waals surface area contributed by atoms with Gasteiger partial charge in [-0.25, -0.2) is 0 Å². The quantitative estimate of drug-likeness (QED) is 0.591. The number of benzene rings is 1. The minimum atomic E-state index is -0.250. The van der Waals surface area contributed by atoms with Gasteiger partial charge in [-0.3, -0.25) is 9.59 Å². The van der Waals surface area contributed by atoms with Gasteiger partial charge in [0.2, 0.25) is 0 Å². The lowest BCUT2D eigenvalue weighted by Crippen LogP contribution is -2.30. The Morgan fingerprint density at radius 2 is 2.10 bits per heavy atom. The molecule has 0 aliphatic heterocycles. The zero-order chi connectivity index (χ0) is 15.7. The predicted molar refractivity (Wildman–Crippen MR) is 80.6 cm³/mol. The fourth-order valence-electron chi connectivity index (χ4n) is 1.60. The number of nitrogens with one attached hydrogen (secondary N) is 1. The van der Waals surface area contributed by atoms with Crippen LogP contribution in [0.2, 0.25) is 5.02 Å². The zero-order valence-corrected chi connectivity index (χ0v) is 13.0. The molecule has 0 atom stereocenters. The Morgan fingerprint density at radius 3 is 2.76 bits per heavy atom. The summed E-state index contributed by atoms with van der Waals surface area (Å²) in [5.41, 5.74) is 0.893. The molecule has 0 heterocycles. The Kier molecular flexibility index (Phi) is 7.61. The first-order valence-electron chi connectivity index (χ1n) is 6.84. The Hall–Kier alpha value is -1.75. The van der Waals surface area contributed by atoms with Crippen LogP contribution in [0, 0.1) is 6.92 Å². The molecule has 0 aromatic heterocycles. The smallest absolute Gasteiger partial charge is 0.305 e. The molecule has 1 aromatic carbocycles. The van der Waals surface area contributed by atoms with E-state index in [4.69, 9.17) is 21.1 Å². The van der Waals surface area contributed by atoms with Gasteiger partial charge in [0.05, 0.1) is 6.61 Å². The minimum Gasteiger partial charge on any atom is -0.484 e. The van der Waals surface area contributed by atoms with Crippen molar-refractivity contribution >= 4 is 23.5 Å². The Labute approximate surface area is 129 Å². The van der Waals surface area contributed by atoms with Gasteiger partial charge in [0.1, 0.15) is 5.75 Å². The van der Waals surface area contributed by atoms with Gasteiger partial charge >= 0.3 is 5.97 Å². The zero-order valence-electron chi connectivity index (χ0n) is 12.3. The molecule has 0 radical (unpaired) electrons. The summed E-state index contributed by atoms with van der Waals surface area (Å²) < 4.78 is 10.1. The van der Waals surface area contributed by atoms with Crippen LogP contribution in [-0.2, 0) is 14.3 Å². The van der Waals surface area contributed by atoms with Gasteiger partial charge in [0, 0.05) is 18.0 Å². The molecule has 1 N–H and O–H groups in total. The van der Waals surface area contributed by atoms with Crippen molar-refractivity contribution in [2.24, 2.45) is 0 Å². The molecule has 1 amide bonds. The molecule has 0 aliphatic carbocycles. The van der Waals surface area contributed by atoms with Crippen molar-refractivity contribution in [1.29, 1.82) is 0 Å². The second kappa shape index (κ2) is 9.23. The maximum Gasteiger partial charge on any atom is 0.305 e. The predicted octanol–water partition coefficient (Wildman–Crippen LogP) is 2.49. The normalized spacial score (nSPS) is 10.0. The number of rotatable bonds is 8. The van der Waals surface area contributed by atoms with E-state index in [2.05, 4.69) is 5.32 Å². The van der Waals surface area contributed by atoms with E-state index >= 15 is 0 Å². The van der Waals surface area contributed by atoms with E-state index < -0.39 is 0 Å². The number of aryl methyl sites for hydroxylation is 1. The highest BCUT2D eigenvalue weighted by Crippen LogP contribution is 2.20. The van der Waals surface area contributed by atoms with Gasteiger partial charge < -0.3 is 14.8 Å². The molecule has 0 unspecified atom stereocenters. The molecule has 0 saturated carbocycles. The summed E-state index contributed by atoms with van der Waals surface area (Å²) in [5, 5.41) is 3.34. The first-order chi connectivity index (χ1) is 10.0. The molecule has 1 rings (SSSR count). The van der Waals surface area contributed by atoms with Crippen molar-refractivity contribution < 1.29 is 19.1 Å². The van der Waals surface area contributed by atoms with E-state index in [1.807, 2.05) is 6.92 Å². The van der Waals surface area contributed by atoms with E-state index in [1.54, 1.807) is 25.1 Å². The van der Waals surface area contributed by atoms with Crippen LogP contribution >= 0.6 is 11.6 Å². The number of ether oxygens (including phenoxy) is 2. The van der Waals surface area contributed by atoms with Crippen LogP contribution in [0.1, 0.15) is 25.3 Å². The van der Waals surface area contributed by atoms with Crippen LogP contribution < -0.4 is 10.1 Å². The maximum atomic E-state index is 11.6. The fourth-order valence-corrected chi connectivity index (χ4v) is 1.72. The molecule has 6 heteroatoms. The molecule has 0 aliphatic rings. The van der Waals surface area contributed by atoms with Gasteiger partial charge in [-0.1, -0.05) is 11.6 Å². The summed E-state index contributed by atoms with van der Waals surface area (Å²) >= 11 is 5.90. The Morgan fingerprint density at radius 1 is 1.33 bits per heavy atom. The molecule has 5 nitrogen and oxygen atoms in total. The third-order valence-electron chi connectivity index (χ3n) is 2.68. The van der Waals surface area contributed by atoms with Gasteiger partial charge in [-0.2, -0.15) is 0 Å². The van der Waals surface area contributed by atoms with Crippen LogP contribution in [0.3, 0.4) is 0 Å². The minimum absolute atomic E-state index is 0.0690. The molecule has 0 bridgehead atoms. The van der Waals surface area contributed by atoms with Gasteiger partial charge in [-0.05, 0) is 44.0 Å². The summed E-state index contributed by atoms with van der Waals surface area (Å²) in [6, 6.07) is 5.21. The third-order valence-corrected chi connectivity index (χ3v) is 3.11. The highest BCUT2D eigenvalue weighted by atomic mass is 35.5. The SMILES string of the molecule is CCOC(=O)CCCNC(=O)COc1ccc(Cl)c(C)c1. The largest absolute Gasteiger partial charge is 0.484 e. The van der Waals surface area contributed by atoms with E-state index in [0.717, 1.165) is 5.56 Å². The van der Waals surface area contributed by atoms with Crippen LogP contribution in [0.25, 0.3) is 0 Å². The molecule has 21 heavy (non-hydrogen) atoms. The summed E-state index contributed by atoms with van der Waals surface area (Å²) in [6.07, 6.45) is 0.843. The van der Waals surface area contributed by atoms with Crippen molar-refractivity contribution in [2.75, 3.05) is 19.8 Å². The van der Waals surface area contributed by atoms with E-state index in [1.165, 1.54) is 0 Å². The monoisotopic (exact) mass is 313 g/mol. The first-order valence-corrected chi connectivity index (χ1v) is 7.22. The molecule has 0 fully saturated rings. The lowest BCUT2D eigenvalue weighted by molar-refractivity contribution is -0.143. The lowest BCUT2D eigenvalue weighted by atomic mass is 10.2. The van der Waals surface area contributed by atoms with Crippen molar-refractivity contribution in [2.45, 2.75) is 26.7 Å². The van der Waals surface area contributed by atoms with Crippen molar-refractivity contribution in [1.82, 2.24) is 5.32 Å². The van der Waals surface area contributed by atoms with Crippen LogP contribution in [-0.4, -0.2) is 31.6 Å². The molecular formula is C15H20ClNO4.